The molecule has 0 saturated carbocycles. The molecule has 2 aromatic heterocycles. The zero-order valence-electron chi connectivity index (χ0n) is 13.1. The summed E-state index contributed by atoms with van der Waals surface area (Å²) < 4.78 is 5.20. The molecule has 2 aromatic rings. The molecular weight excluding hydrogens is 312 g/mol. The molecule has 3 fully saturated rings. The van der Waals surface area contributed by atoms with E-state index in [1.165, 1.54) is 12.8 Å². The van der Waals surface area contributed by atoms with Gasteiger partial charge in [0.1, 0.15) is 5.76 Å². The minimum absolute atomic E-state index is 0.0152. The summed E-state index contributed by atoms with van der Waals surface area (Å²) >= 11 is 1.63. The molecule has 0 aromatic carbocycles. The number of hydrogen-bond donors (Lipinski definition) is 0. The standard InChI is InChI=1S/C16H20N4O2S/c1-11-15(17-9-22-11)16(21)20-5-12-2-3-14(20)7-19(4-12)6-13-8-23-10-18-13/h8-10,12,14H,2-7H2,1H3/t12-,14+/m0/s1. The van der Waals surface area contributed by atoms with Crippen LogP contribution in [0.3, 0.4) is 0 Å². The Hall–Kier alpha value is -1.73. The lowest BCUT2D eigenvalue weighted by molar-refractivity contribution is 0.0577. The topological polar surface area (TPSA) is 62.5 Å². The van der Waals surface area contributed by atoms with Gasteiger partial charge in [0.05, 0.1) is 11.2 Å². The van der Waals surface area contributed by atoms with E-state index in [4.69, 9.17) is 4.42 Å². The smallest absolute Gasteiger partial charge is 0.276 e. The van der Waals surface area contributed by atoms with Gasteiger partial charge in [-0.3, -0.25) is 9.69 Å². The van der Waals surface area contributed by atoms with Crippen LogP contribution in [0.2, 0.25) is 0 Å². The fourth-order valence-electron chi connectivity index (χ4n) is 3.75. The summed E-state index contributed by atoms with van der Waals surface area (Å²) in [6.07, 6.45) is 3.62. The normalized spacial score (nSPS) is 24.8. The molecule has 5 heterocycles. The van der Waals surface area contributed by atoms with E-state index in [9.17, 15) is 4.79 Å². The molecule has 0 N–H and O–H groups in total. The van der Waals surface area contributed by atoms with Gasteiger partial charge in [-0.1, -0.05) is 0 Å². The van der Waals surface area contributed by atoms with E-state index in [0.29, 0.717) is 17.4 Å². The molecular formula is C16H20N4O2S. The molecule has 3 aliphatic heterocycles. The minimum atomic E-state index is 0.0152. The summed E-state index contributed by atoms with van der Waals surface area (Å²) in [6.45, 7) is 5.45. The van der Waals surface area contributed by atoms with E-state index < -0.39 is 0 Å². The highest BCUT2D eigenvalue weighted by Crippen LogP contribution is 2.30. The first-order valence-electron chi connectivity index (χ1n) is 8.01. The fourth-order valence-corrected chi connectivity index (χ4v) is 4.30. The maximum absolute atomic E-state index is 12.8. The Labute approximate surface area is 139 Å². The molecule has 0 aliphatic carbocycles. The number of oxazole rings is 1. The third-order valence-electron chi connectivity index (χ3n) is 4.87. The van der Waals surface area contributed by atoms with Crippen molar-refractivity contribution in [2.45, 2.75) is 32.4 Å². The van der Waals surface area contributed by atoms with Crippen LogP contribution in [0.25, 0.3) is 0 Å². The van der Waals surface area contributed by atoms with E-state index in [2.05, 4.69) is 20.2 Å². The van der Waals surface area contributed by atoms with E-state index in [1.54, 1.807) is 18.3 Å². The first-order chi connectivity index (χ1) is 11.2. The lowest BCUT2D eigenvalue weighted by Crippen LogP contribution is -2.47. The summed E-state index contributed by atoms with van der Waals surface area (Å²) in [5, 5.41) is 2.11. The highest BCUT2D eigenvalue weighted by molar-refractivity contribution is 7.07. The molecule has 5 rings (SSSR count). The number of aryl methyl sites for hydroxylation is 1. The maximum Gasteiger partial charge on any atom is 0.276 e. The van der Waals surface area contributed by atoms with Crippen molar-refractivity contribution >= 4 is 17.2 Å². The van der Waals surface area contributed by atoms with Gasteiger partial charge in [0.2, 0.25) is 0 Å². The second-order valence-corrected chi connectivity index (χ2v) is 7.20. The van der Waals surface area contributed by atoms with Gasteiger partial charge in [0.25, 0.3) is 5.91 Å². The molecule has 7 heteroatoms. The van der Waals surface area contributed by atoms with Gasteiger partial charge in [-0.15, -0.1) is 11.3 Å². The number of carbonyl (C=O) groups is 1. The molecule has 2 atom stereocenters. The van der Waals surface area contributed by atoms with Gasteiger partial charge in [0.15, 0.2) is 12.1 Å². The van der Waals surface area contributed by atoms with E-state index in [-0.39, 0.29) is 11.9 Å². The van der Waals surface area contributed by atoms with Gasteiger partial charge in [-0.2, -0.15) is 0 Å². The Morgan fingerprint density at radius 3 is 3.00 bits per heavy atom. The van der Waals surface area contributed by atoms with Crippen molar-refractivity contribution in [2.75, 3.05) is 19.6 Å². The molecule has 0 unspecified atom stereocenters. The third kappa shape index (κ3) is 2.90. The number of thiazole rings is 1. The molecule has 3 saturated heterocycles. The summed E-state index contributed by atoms with van der Waals surface area (Å²) in [7, 11) is 0. The van der Waals surface area contributed by atoms with Crippen LogP contribution < -0.4 is 0 Å². The predicted octanol–water partition coefficient (Wildman–Crippen LogP) is 2.18. The van der Waals surface area contributed by atoms with Crippen molar-refractivity contribution in [3.63, 3.8) is 0 Å². The number of piperidine rings is 1. The molecule has 2 bridgehead atoms. The number of nitrogens with zero attached hydrogens (tertiary/aromatic N) is 4. The molecule has 0 spiro atoms. The van der Waals surface area contributed by atoms with Crippen molar-refractivity contribution in [2.24, 2.45) is 5.92 Å². The summed E-state index contributed by atoms with van der Waals surface area (Å²) in [5.74, 6) is 1.15. The Bertz CT molecular complexity index is 684. The number of hydrogen-bond acceptors (Lipinski definition) is 6. The second kappa shape index (κ2) is 6.05. The fraction of sp³-hybridized carbons (Fsp3) is 0.562. The van der Waals surface area contributed by atoms with Crippen molar-refractivity contribution in [1.29, 1.82) is 0 Å². The van der Waals surface area contributed by atoms with Crippen molar-refractivity contribution in [3.8, 4) is 0 Å². The quantitative estimate of drug-likeness (QED) is 0.862. The number of rotatable bonds is 3. The molecule has 122 valence electrons. The van der Waals surface area contributed by atoms with Gasteiger partial charge < -0.3 is 9.32 Å². The van der Waals surface area contributed by atoms with Crippen LogP contribution >= 0.6 is 11.3 Å². The lowest BCUT2D eigenvalue weighted by Gasteiger charge is -2.35. The van der Waals surface area contributed by atoms with Crippen molar-refractivity contribution in [3.05, 3.63) is 34.4 Å². The van der Waals surface area contributed by atoms with Crippen molar-refractivity contribution < 1.29 is 9.21 Å². The SMILES string of the molecule is Cc1ocnc1C(=O)N1C[C@H]2CC[C@@H]1CN(Cc1cscn1)C2. The third-order valence-corrected chi connectivity index (χ3v) is 5.50. The van der Waals surface area contributed by atoms with Gasteiger partial charge in [-0.05, 0) is 25.7 Å². The van der Waals surface area contributed by atoms with Crippen LogP contribution in [-0.2, 0) is 6.54 Å². The highest BCUT2D eigenvalue weighted by atomic mass is 32.1. The van der Waals surface area contributed by atoms with E-state index >= 15 is 0 Å². The van der Waals surface area contributed by atoms with Crippen LogP contribution in [0.5, 0.6) is 0 Å². The Balaban J connectivity index is 1.51. The average molecular weight is 332 g/mol. The molecule has 6 nitrogen and oxygen atoms in total. The van der Waals surface area contributed by atoms with Crippen LogP contribution in [0.1, 0.15) is 34.8 Å². The molecule has 3 aliphatic rings. The van der Waals surface area contributed by atoms with Crippen LogP contribution in [-0.4, -0.2) is 51.4 Å². The number of fused-ring (bicyclic) bond motifs is 4. The first-order valence-corrected chi connectivity index (χ1v) is 8.95. The van der Waals surface area contributed by atoms with Gasteiger partial charge >= 0.3 is 0 Å². The number of amides is 1. The van der Waals surface area contributed by atoms with Gasteiger partial charge in [-0.25, -0.2) is 9.97 Å². The molecule has 23 heavy (non-hydrogen) atoms. The van der Waals surface area contributed by atoms with Gasteiger partial charge in [0, 0.05) is 37.6 Å². The zero-order chi connectivity index (χ0) is 15.8. The zero-order valence-corrected chi connectivity index (χ0v) is 14.0. The highest BCUT2D eigenvalue weighted by Gasteiger charge is 2.38. The largest absolute Gasteiger partial charge is 0.448 e. The number of carbonyl (C=O) groups excluding carboxylic acids is 1. The van der Waals surface area contributed by atoms with Crippen LogP contribution in [0, 0.1) is 12.8 Å². The minimum Gasteiger partial charge on any atom is -0.448 e. The number of aromatic nitrogens is 2. The van der Waals surface area contributed by atoms with E-state index in [1.807, 2.05) is 10.4 Å². The summed E-state index contributed by atoms with van der Waals surface area (Å²) in [5.41, 5.74) is 3.47. The van der Waals surface area contributed by atoms with Crippen LogP contribution in [0.15, 0.2) is 21.7 Å². The summed E-state index contributed by atoms with van der Waals surface area (Å²) in [6, 6.07) is 0.260. The second-order valence-electron chi connectivity index (χ2n) is 6.49. The first kappa shape index (κ1) is 14.8. The average Bonchev–Trinajstić information content (AvgIpc) is 3.11. The monoisotopic (exact) mass is 332 g/mol. The molecule has 1 amide bonds. The van der Waals surface area contributed by atoms with E-state index in [0.717, 1.165) is 38.3 Å². The Morgan fingerprint density at radius 2 is 2.26 bits per heavy atom. The van der Waals surface area contributed by atoms with Crippen molar-refractivity contribution in [1.82, 2.24) is 19.8 Å². The Morgan fingerprint density at radius 1 is 1.35 bits per heavy atom. The Kier molecular flexibility index (Phi) is 3.90. The van der Waals surface area contributed by atoms with Crippen LogP contribution in [0.4, 0.5) is 0 Å². The molecule has 0 radical (unpaired) electrons. The summed E-state index contributed by atoms with van der Waals surface area (Å²) in [4.78, 5) is 25.8. The lowest BCUT2D eigenvalue weighted by atomic mass is 9.94. The maximum atomic E-state index is 12.8. The predicted molar refractivity (Wildman–Crippen MR) is 86.2 cm³/mol.